The van der Waals surface area contributed by atoms with Crippen molar-refractivity contribution < 1.29 is 19.1 Å². The Labute approximate surface area is 212 Å². The molecule has 6 rings (SSSR count). The number of carboxylic acids is 1. The highest BCUT2D eigenvalue weighted by molar-refractivity contribution is 6.32. The van der Waals surface area contributed by atoms with E-state index in [2.05, 4.69) is 15.4 Å². The number of aliphatic carboxylic acids is 1. The van der Waals surface area contributed by atoms with Crippen molar-refractivity contribution in [1.29, 1.82) is 0 Å². The van der Waals surface area contributed by atoms with Crippen molar-refractivity contribution in [2.45, 2.75) is 44.7 Å². The number of nitrogens with zero attached hydrogens (tertiary/aromatic N) is 3. The first kappa shape index (κ1) is 22.8. The summed E-state index contributed by atoms with van der Waals surface area (Å²) in [7, 11) is 0. The van der Waals surface area contributed by atoms with Crippen molar-refractivity contribution in [3.8, 4) is 11.5 Å². The quantitative estimate of drug-likeness (QED) is 0.360. The molecule has 2 N–H and O–H groups in total. The summed E-state index contributed by atoms with van der Waals surface area (Å²) in [5.74, 6) is 0.500. The zero-order valence-electron chi connectivity index (χ0n) is 19.5. The van der Waals surface area contributed by atoms with E-state index < -0.39 is 5.97 Å². The van der Waals surface area contributed by atoms with E-state index in [1.807, 2.05) is 30.3 Å². The molecule has 2 fully saturated rings. The first-order chi connectivity index (χ1) is 17.4. The second kappa shape index (κ2) is 8.78. The molecular weight excluding hydrogens is 480 g/mol. The standard InChI is InChI=1S/C27H25ClN4O4/c28-19-7-18-13-30-32(15-21-14-29-26(36-21)17-4-2-1-3-5-17)24(18)22(8-19)25(35)31-20-11-27(12-20)9-16(10-27)6-23(33)34/h1-5,7-8,13-14,16,20H,6,9-12,15H2,(H,31,35)(H,33,34). The highest BCUT2D eigenvalue weighted by Gasteiger charge is 2.53. The molecule has 0 radical (unpaired) electrons. The predicted octanol–water partition coefficient (Wildman–Crippen LogP) is 5.16. The van der Waals surface area contributed by atoms with Crippen LogP contribution in [0.3, 0.4) is 0 Å². The summed E-state index contributed by atoms with van der Waals surface area (Å²) in [6.07, 6.45) is 7.25. The van der Waals surface area contributed by atoms with E-state index in [1.165, 1.54) is 0 Å². The Balaban J connectivity index is 1.18. The van der Waals surface area contributed by atoms with Gasteiger partial charge in [-0.2, -0.15) is 5.10 Å². The summed E-state index contributed by atoms with van der Waals surface area (Å²) < 4.78 is 7.68. The second-order valence-electron chi connectivity index (χ2n) is 10.1. The molecule has 4 aromatic rings. The third kappa shape index (κ3) is 4.26. The number of hydrogen-bond acceptors (Lipinski definition) is 5. The van der Waals surface area contributed by atoms with Crippen molar-refractivity contribution in [2.24, 2.45) is 11.3 Å². The van der Waals surface area contributed by atoms with Gasteiger partial charge in [-0.25, -0.2) is 4.98 Å². The molecule has 2 heterocycles. The van der Waals surface area contributed by atoms with Crippen LogP contribution in [0.4, 0.5) is 0 Å². The summed E-state index contributed by atoms with van der Waals surface area (Å²) in [6.45, 7) is 0.322. The average Bonchev–Trinajstić information content (AvgIpc) is 3.43. The van der Waals surface area contributed by atoms with Crippen molar-refractivity contribution in [1.82, 2.24) is 20.1 Å². The first-order valence-corrected chi connectivity index (χ1v) is 12.4. The lowest BCUT2D eigenvalue weighted by atomic mass is 9.49. The smallest absolute Gasteiger partial charge is 0.303 e. The Morgan fingerprint density at radius 2 is 1.92 bits per heavy atom. The summed E-state index contributed by atoms with van der Waals surface area (Å²) in [5, 5.41) is 17.9. The minimum atomic E-state index is -0.734. The van der Waals surface area contributed by atoms with E-state index in [0.717, 1.165) is 36.6 Å². The van der Waals surface area contributed by atoms with Crippen LogP contribution in [0.2, 0.25) is 5.02 Å². The highest BCUT2D eigenvalue weighted by atomic mass is 35.5. The van der Waals surface area contributed by atoms with Crippen LogP contribution in [0, 0.1) is 11.3 Å². The van der Waals surface area contributed by atoms with Crippen LogP contribution in [0.15, 0.2) is 59.3 Å². The third-order valence-electron chi connectivity index (χ3n) is 7.42. The Kier molecular flexibility index (Phi) is 5.56. The highest BCUT2D eigenvalue weighted by Crippen LogP contribution is 2.59. The molecule has 184 valence electrons. The van der Waals surface area contributed by atoms with Crippen LogP contribution in [-0.2, 0) is 11.3 Å². The van der Waals surface area contributed by atoms with Gasteiger partial charge in [-0.15, -0.1) is 0 Å². The van der Waals surface area contributed by atoms with Crippen molar-refractivity contribution in [3.63, 3.8) is 0 Å². The van der Waals surface area contributed by atoms with Gasteiger partial charge in [-0.3, -0.25) is 14.3 Å². The van der Waals surface area contributed by atoms with Gasteiger partial charge in [0.25, 0.3) is 5.91 Å². The van der Waals surface area contributed by atoms with Crippen LogP contribution in [0.25, 0.3) is 22.4 Å². The lowest BCUT2D eigenvalue weighted by Gasteiger charge is -2.57. The van der Waals surface area contributed by atoms with Gasteiger partial charge >= 0.3 is 5.97 Å². The minimum Gasteiger partial charge on any atom is -0.481 e. The van der Waals surface area contributed by atoms with E-state index in [9.17, 15) is 9.59 Å². The number of carbonyl (C=O) groups is 2. The molecule has 0 aliphatic heterocycles. The fourth-order valence-corrected chi connectivity index (χ4v) is 6.20. The molecule has 0 unspecified atom stereocenters. The van der Waals surface area contributed by atoms with E-state index in [1.54, 1.807) is 29.2 Å². The predicted molar refractivity (Wildman–Crippen MR) is 134 cm³/mol. The molecular formula is C27H25ClN4O4. The molecule has 2 saturated carbocycles. The van der Waals surface area contributed by atoms with Crippen LogP contribution in [0.5, 0.6) is 0 Å². The fraction of sp³-hybridized carbons (Fsp3) is 0.333. The van der Waals surface area contributed by atoms with Gasteiger partial charge in [0.1, 0.15) is 12.3 Å². The number of carbonyl (C=O) groups excluding carboxylic acids is 1. The molecule has 2 aliphatic rings. The molecule has 8 nitrogen and oxygen atoms in total. The lowest BCUT2D eigenvalue weighted by Crippen LogP contribution is -2.56. The maximum atomic E-state index is 13.3. The van der Waals surface area contributed by atoms with Gasteiger partial charge in [0.05, 0.1) is 23.5 Å². The molecule has 1 spiro atoms. The van der Waals surface area contributed by atoms with Crippen molar-refractivity contribution in [2.75, 3.05) is 0 Å². The largest absolute Gasteiger partial charge is 0.481 e. The van der Waals surface area contributed by atoms with Crippen LogP contribution >= 0.6 is 11.6 Å². The number of fused-ring (bicyclic) bond motifs is 1. The van der Waals surface area contributed by atoms with E-state index in [0.29, 0.717) is 34.3 Å². The first-order valence-electron chi connectivity index (χ1n) is 12.1. The molecule has 0 atom stereocenters. The Hall–Kier alpha value is -3.65. The number of aromatic nitrogens is 3. The van der Waals surface area contributed by atoms with Gasteiger partial charge < -0.3 is 14.8 Å². The van der Waals surface area contributed by atoms with Gasteiger partial charge in [-0.1, -0.05) is 29.8 Å². The van der Waals surface area contributed by atoms with E-state index in [-0.39, 0.29) is 29.7 Å². The average molecular weight is 505 g/mol. The SMILES string of the molecule is O=C(O)CC1CC2(C1)CC(NC(=O)c1cc(Cl)cc3cnn(Cc4cnc(-c5ccccc5)o4)c13)C2. The number of nitrogens with one attached hydrogen (secondary N) is 1. The van der Waals surface area contributed by atoms with Gasteiger partial charge in [0.15, 0.2) is 0 Å². The number of hydrogen-bond donors (Lipinski definition) is 2. The topological polar surface area (TPSA) is 110 Å². The van der Waals surface area contributed by atoms with Gasteiger partial charge in [0.2, 0.25) is 5.89 Å². The summed E-state index contributed by atoms with van der Waals surface area (Å²) in [4.78, 5) is 28.6. The number of halogens is 1. The molecule has 0 bridgehead atoms. The number of carboxylic acid groups (broad SMARTS) is 1. The molecule has 9 heteroatoms. The molecule has 2 aliphatic carbocycles. The van der Waals surface area contributed by atoms with Crippen molar-refractivity contribution >= 4 is 34.4 Å². The Bertz CT molecular complexity index is 1450. The molecule has 0 saturated heterocycles. The number of benzene rings is 2. The summed E-state index contributed by atoms with van der Waals surface area (Å²) >= 11 is 6.33. The van der Waals surface area contributed by atoms with Crippen LogP contribution in [-0.4, -0.2) is 37.8 Å². The number of rotatable bonds is 7. The molecule has 2 aromatic heterocycles. The maximum absolute atomic E-state index is 13.3. The zero-order chi connectivity index (χ0) is 24.9. The lowest BCUT2D eigenvalue weighted by molar-refractivity contribution is -0.142. The molecule has 2 aromatic carbocycles. The maximum Gasteiger partial charge on any atom is 0.303 e. The minimum absolute atomic E-state index is 0.0800. The number of amides is 1. The molecule has 1 amide bonds. The Morgan fingerprint density at radius 3 is 2.67 bits per heavy atom. The van der Waals surface area contributed by atoms with Crippen LogP contribution < -0.4 is 5.32 Å². The summed E-state index contributed by atoms with van der Waals surface area (Å²) in [6, 6.07) is 13.2. The van der Waals surface area contributed by atoms with Crippen LogP contribution in [0.1, 0.15) is 48.2 Å². The normalized spacial score (nSPS) is 22.8. The summed E-state index contributed by atoms with van der Waals surface area (Å²) in [5.41, 5.74) is 2.25. The molecule has 36 heavy (non-hydrogen) atoms. The van der Waals surface area contributed by atoms with Gasteiger partial charge in [-0.05, 0) is 61.3 Å². The van der Waals surface area contributed by atoms with E-state index >= 15 is 0 Å². The van der Waals surface area contributed by atoms with Crippen molar-refractivity contribution in [3.05, 3.63) is 71.2 Å². The third-order valence-corrected chi connectivity index (χ3v) is 7.64. The zero-order valence-corrected chi connectivity index (χ0v) is 20.2. The van der Waals surface area contributed by atoms with Gasteiger partial charge in [0, 0.05) is 28.4 Å². The number of oxazole rings is 1. The monoisotopic (exact) mass is 504 g/mol. The Morgan fingerprint density at radius 1 is 1.14 bits per heavy atom. The van der Waals surface area contributed by atoms with E-state index in [4.69, 9.17) is 21.1 Å². The fourth-order valence-electron chi connectivity index (χ4n) is 5.97. The second-order valence-corrected chi connectivity index (χ2v) is 10.6.